The van der Waals surface area contributed by atoms with Crippen LogP contribution in [-0.2, 0) is 4.79 Å². The monoisotopic (exact) mass is 284 g/mol. The summed E-state index contributed by atoms with van der Waals surface area (Å²) in [4.78, 5) is 13.2. The lowest BCUT2D eigenvalue weighted by Gasteiger charge is -2.35. The molecule has 1 fully saturated rings. The first-order valence-electron chi connectivity index (χ1n) is 5.96. The second-order valence-corrected chi connectivity index (χ2v) is 5.54. The molecule has 1 heterocycles. The number of halogens is 3. The van der Waals surface area contributed by atoms with E-state index in [1.807, 2.05) is 6.26 Å². The van der Waals surface area contributed by atoms with Gasteiger partial charge in [-0.2, -0.15) is 24.9 Å². The topological polar surface area (TPSA) is 46.3 Å². The molecule has 1 aliphatic rings. The Bertz CT molecular complexity index is 286. The Morgan fingerprint density at radius 3 is 2.78 bits per heavy atom. The molecular weight excluding hydrogens is 265 g/mol. The van der Waals surface area contributed by atoms with Crippen LogP contribution in [-0.4, -0.2) is 48.1 Å². The molecule has 1 rings (SSSR count). The number of thioether (sulfide) groups is 1. The van der Waals surface area contributed by atoms with Gasteiger partial charge in [-0.3, -0.25) is 4.79 Å². The second kappa shape index (κ2) is 6.65. The van der Waals surface area contributed by atoms with Crippen LogP contribution in [0.15, 0.2) is 0 Å². The Kier molecular flexibility index (Phi) is 5.78. The molecule has 0 aromatic heterocycles. The van der Waals surface area contributed by atoms with Gasteiger partial charge in [-0.25, -0.2) is 0 Å². The minimum atomic E-state index is -4.22. The number of amides is 1. The molecular formula is C11H19F3N2OS. The Hall–Kier alpha value is -0.430. The van der Waals surface area contributed by atoms with Crippen molar-refractivity contribution in [3.63, 3.8) is 0 Å². The summed E-state index contributed by atoms with van der Waals surface area (Å²) in [5, 5.41) is 0. The van der Waals surface area contributed by atoms with Crippen molar-refractivity contribution in [2.75, 3.05) is 25.1 Å². The van der Waals surface area contributed by atoms with Gasteiger partial charge in [0.25, 0.3) is 0 Å². The van der Waals surface area contributed by atoms with Crippen molar-refractivity contribution in [2.24, 2.45) is 11.7 Å². The molecule has 0 unspecified atom stereocenters. The van der Waals surface area contributed by atoms with E-state index in [4.69, 9.17) is 5.73 Å². The molecule has 1 saturated heterocycles. The SMILES string of the molecule is CSCC[C@H](N)C(=O)N1CCC[C@H](C(F)(F)F)C1. The lowest BCUT2D eigenvalue weighted by Crippen LogP contribution is -2.50. The number of nitrogens with two attached hydrogens (primary N) is 1. The third-order valence-electron chi connectivity index (χ3n) is 3.15. The van der Waals surface area contributed by atoms with E-state index in [1.54, 1.807) is 11.8 Å². The van der Waals surface area contributed by atoms with Crippen LogP contribution >= 0.6 is 11.8 Å². The van der Waals surface area contributed by atoms with Crippen LogP contribution in [0.3, 0.4) is 0 Å². The number of hydrogen-bond acceptors (Lipinski definition) is 3. The van der Waals surface area contributed by atoms with Crippen molar-refractivity contribution < 1.29 is 18.0 Å². The molecule has 2 atom stereocenters. The molecule has 0 radical (unpaired) electrons. The van der Waals surface area contributed by atoms with Gasteiger partial charge < -0.3 is 10.6 Å². The van der Waals surface area contributed by atoms with Crippen molar-refractivity contribution in [3.05, 3.63) is 0 Å². The van der Waals surface area contributed by atoms with Gasteiger partial charge in [0.2, 0.25) is 5.91 Å². The predicted octanol–water partition coefficient (Wildman–Crippen LogP) is 1.87. The normalized spacial score (nSPS) is 22.9. The molecule has 1 amide bonds. The van der Waals surface area contributed by atoms with E-state index in [0.29, 0.717) is 19.4 Å². The first-order valence-corrected chi connectivity index (χ1v) is 7.35. The van der Waals surface area contributed by atoms with Crippen molar-refractivity contribution in [1.29, 1.82) is 0 Å². The quantitative estimate of drug-likeness (QED) is 0.857. The molecule has 0 aliphatic carbocycles. The molecule has 3 nitrogen and oxygen atoms in total. The highest BCUT2D eigenvalue weighted by Crippen LogP contribution is 2.33. The molecule has 1 aliphatic heterocycles. The Morgan fingerprint density at radius 2 is 2.22 bits per heavy atom. The zero-order valence-corrected chi connectivity index (χ0v) is 11.2. The number of likely N-dealkylation sites (tertiary alicyclic amines) is 1. The maximum atomic E-state index is 12.6. The summed E-state index contributed by atoms with van der Waals surface area (Å²) in [7, 11) is 0. The molecule has 0 spiro atoms. The number of hydrogen-bond donors (Lipinski definition) is 1. The van der Waals surface area contributed by atoms with Crippen molar-refractivity contribution in [3.8, 4) is 0 Å². The van der Waals surface area contributed by atoms with E-state index >= 15 is 0 Å². The van der Waals surface area contributed by atoms with Crippen molar-refractivity contribution >= 4 is 17.7 Å². The predicted molar refractivity (Wildman–Crippen MR) is 66.3 cm³/mol. The maximum absolute atomic E-state index is 12.6. The smallest absolute Gasteiger partial charge is 0.341 e. The van der Waals surface area contributed by atoms with Crippen LogP contribution in [0.25, 0.3) is 0 Å². The molecule has 106 valence electrons. The van der Waals surface area contributed by atoms with E-state index in [1.165, 1.54) is 4.90 Å². The van der Waals surface area contributed by atoms with Crippen molar-refractivity contribution in [2.45, 2.75) is 31.5 Å². The molecule has 0 bridgehead atoms. The average molecular weight is 284 g/mol. The number of carbonyl (C=O) groups excluding carboxylic acids is 1. The van der Waals surface area contributed by atoms with Crippen LogP contribution in [0, 0.1) is 5.92 Å². The van der Waals surface area contributed by atoms with E-state index in [9.17, 15) is 18.0 Å². The summed E-state index contributed by atoms with van der Waals surface area (Å²) in [6, 6.07) is -0.676. The van der Waals surface area contributed by atoms with Gasteiger partial charge in [-0.15, -0.1) is 0 Å². The molecule has 0 saturated carbocycles. The molecule has 0 aromatic rings. The summed E-state index contributed by atoms with van der Waals surface area (Å²) in [5.41, 5.74) is 5.70. The number of nitrogens with zero attached hydrogens (tertiary/aromatic N) is 1. The third-order valence-corrected chi connectivity index (χ3v) is 3.79. The zero-order valence-electron chi connectivity index (χ0n) is 10.4. The van der Waals surface area contributed by atoms with Crippen LogP contribution < -0.4 is 5.73 Å². The van der Waals surface area contributed by atoms with Gasteiger partial charge in [0, 0.05) is 13.1 Å². The van der Waals surface area contributed by atoms with Gasteiger partial charge in [0.1, 0.15) is 0 Å². The van der Waals surface area contributed by atoms with E-state index in [-0.39, 0.29) is 18.9 Å². The fraction of sp³-hybridized carbons (Fsp3) is 0.909. The highest BCUT2D eigenvalue weighted by molar-refractivity contribution is 7.98. The zero-order chi connectivity index (χ0) is 13.8. The van der Waals surface area contributed by atoms with Gasteiger partial charge in [0.15, 0.2) is 0 Å². The Morgan fingerprint density at radius 1 is 1.56 bits per heavy atom. The second-order valence-electron chi connectivity index (χ2n) is 4.55. The summed E-state index contributed by atoms with van der Waals surface area (Å²) >= 11 is 1.57. The molecule has 18 heavy (non-hydrogen) atoms. The lowest BCUT2D eigenvalue weighted by atomic mass is 9.97. The van der Waals surface area contributed by atoms with Crippen LogP contribution in [0.4, 0.5) is 13.2 Å². The Balaban J connectivity index is 2.53. The van der Waals surface area contributed by atoms with Crippen LogP contribution in [0.2, 0.25) is 0 Å². The third kappa shape index (κ3) is 4.35. The van der Waals surface area contributed by atoms with E-state index in [2.05, 4.69) is 0 Å². The van der Waals surface area contributed by atoms with Gasteiger partial charge in [-0.05, 0) is 31.3 Å². The Labute approximate surface area is 109 Å². The summed E-state index contributed by atoms with van der Waals surface area (Å²) in [6.45, 7) is 0.147. The summed E-state index contributed by atoms with van der Waals surface area (Å²) in [5.74, 6) is -1.01. The maximum Gasteiger partial charge on any atom is 0.393 e. The van der Waals surface area contributed by atoms with E-state index in [0.717, 1.165) is 5.75 Å². The average Bonchev–Trinajstić information content (AvgIpc) is 2.34. The largest absolute Gasteiger partial charge is 0.393 e. The van der Waals surface area contributed by atoms with Crippen LogP contribution in [0.1, 0.15) is 19.3 Å². The lowest BCUT2D eigenvalue weighted by molar-refractivity contribution is -0.188. The first-order chi connectivity index (χ1) is 8.36. The summed E-state index contributed by atoms with van der Waals surface area (Å²) < 4.78 is 37.8. The van der Waals surface area contributed by atoms with Gasteiger partial charge in [0.05, 0.1) is 12.0 Å². The molecule has 7 heteroatoms. The fourth-order valence-electron chi connectivity index (χ4n) is 2.05. The highest BCUT2D eigenvalue weighted by atomic mass is 32.2. The van der Waals surface area contributed by atoms with Crippen molar-refractivity contribution in [1.82, 2.24) is 4.90 Å². The van der Waals surface area contributed by atoms with Gasteiger partial charge in [-0.1, -0.05) is 0 Å². The number of alkyl halides is 3. The molecule has 0 aromatic carbocycles. The minimum Gasteiger partial charge on any atom is -0.341 e. The number of rotatable bonds is 4. The van der Waals surface area contributed by atoms with E-state index < -0.39 is 18.1 Å². The number of piperidine rings is 1. The minimum absolute atomic E-state index is 0.104. The summed E-state index contributed by atoms with van der Waals surface area (Å²) in [6.07, 6.45) is -1.31. The van der Waals surface area contributed by atoms with Gasteiger partial charge >= 0.3 is 6.18 Å². The van der Waals surface area contributed by atoms with Crippen LogP contribution in [0.5, 0.6) is 0 Å². The first kappa shape index (κ1) is 15.6. The molecule has 2 N–H and O–H groups in total. The fourth-order valence-corrected chi connectivity index (χ4v) is 2.54. The standard InChI is InChI=1S/C11H19F3N2OS/c1-18-6-4-9(15)10(17)16-5-2-3-8(7-16)11(12,13)14/h8-9H,2-7,15H2,1H3/t8-,9-/m0/s1. The number of carbonyl (C=O) groups is 1. The highest BCUT2D eigenvalue weighted by Gasteiger charge is 2.43.